The van der Waals surface area contributed by atoms with Gasteiger partial charge in [0.2, 0.25) is 5.91 Å². The molecule has 12 heteroatoms. The highest BCUT2D eigenvalue weighted by molar-refractivity contribution is 8.00. The number of aliphatic hydroxyl groups excluding tert-OH is 1. The number of β-lactam (4-membered cyclic amide) rings is 1. The summed E-state index contributed by atoms with van der Waals surface area (Å²) < 4.78 is 11.6. The van der Waals surface area contributed by atoms with E-state index >= 15 is 4.79 Å². The van der Waals surface area contributed by atoms with E-state index in [1.165, 1.54) is 54.8 Å². The summed E-state index contributed by atoms with van der Waals surface area (Å²) in [6, 6.07) is 33.3. The van der Waals surface area contributed by atoms with Crippen molar-refractivity contribution in [1.29, 1.82) is 0 Å². The molecule has 0 aromatic heterocycles. The van der Waals surface area contributed by atoms with E-state index in [2.05, 4.69) is 0 Å². The smallest absolute Gasteiger partial charge is 0.356 e. The Bertz CT molecular complexity index is 1790. The summed E-state index contributed by atoms with van der Waals surface area (Å²) in [7, 11) is 0. The minimum absolute atomic E-state index is 0.0802. The van der Waals surface area contributed by atoms with Gasteiger partial charge in [0.1, 0.15) is 17.8 Å². The van der Waals surface area contributed by atoms with Gasteiger partial charge in [0.25, 0.3) is 5.69 Å². The molecule has 1 N–H and O–H groups in total. The molecule has 1 aliphatic rings. The molecule has 0 radical (unpaired) electrons. The monoisotopic (exact) mass is 728 g/mol. The fraction of sp³-hybridized carbons (Fsp3) is 0.282. The molecular weight excluding hydrogens is 687 g/mol. The van der Waals surface area contributed by atoms with Gasteiger partial charge in [0.15, 0.2) is 0 Å². The molecule has 0 bridgehead atoms. The largest absolute Gasteiger partial charge is 0.456 e. The molecule has 4 aromatic carbocycles. The molecule has 5 rings (SSSR count). The number of carbonyl (C=O) groups excluding carboxylic acids is 3. The van der Waals surface area contributed by atoms with E-state index in [1.54, 1.807) is 0 Å². The van der Waals surface area contributed by atoms with Crippen molar-refractivity contribution >= 4 is 63.3 Å². The number of thioether (sulfide) groups is 1. The van der Waals surface area contributed by atoms with Gasteiger partial charge in [-0.25, -0.2) is 4.79 Å². The summed E-state index contributed by atoms with van der Waals surface area (Å²) in [6.07, 6.45) is -1.11. The van der Waals surface area contributed by atoms with E-state index in [9.17, 15) is 24.8 Å². The third-order valence-electron chi connectivity index (χ3n) is 8.82. The van der Waals surface area contributed by atoms with Crippen LogP contribution in [0.2, 0.25) is 0 Å². The molecule has 10 nitrogen and oxygen atoms in total. The van der Waals surface area contributed by atoms with Crippen molar-refractivity contribution in [1.82, 2.24) is 4.90 Å². The molecule has 1 heterocycles. The minimum atomic E-state index is -3.29. The molecule has 4 aromatic rings. The maximum absolute atomic E-state index is 15.0. The van der Waals surface area contributed by atoms with E-state index in [4.69, 9.17) is 9.47 Å². The standard InChI is InChI=1S/C39H41N2O8PS/c1-4-48-24-25-51-36(28(3)43)35-34(27(2)42)37(44)40(35)38(39(45)49-26-29-20-22-30(23-21-29)41(46)47)50(31-14-8-5-9-15-31,32-16-10-6-11-17-32)33-18-12-7-13-19-33/h5-23,27,34-36,42H,4,24-26H2,1-3H3/t27-,34+,35+,36?/m0/s1. The third kappa shape index (κ3) is 7.87. The molecule has 4 atom stereocenters. The van der Waals surface area contributed by atoms with Crippen LogP contribution in [0, 0.1) is 16.0 Å². The fourth-order valence-electron chi connectivity index (χ4n) is 6.52. The number of ether oxygens (including phenoxy) is 2. The number of rotatable bonds is 16. The van der Waals surface area contributed by atoms with Crippen molar-refractivity contribution in [3.8, 4) is 0 Å². The van der Waals surface area contributed by atoms with Crippen LogP contribution < -0.4 is 15.9 Å². The van der Waals surface area contributed by atoms with E-state index in [1.807, 2.05) is 97.9 Å². The van der Waals surface area contributed by atoms with E-state index in [0.717, 1.165) is 15.9 Å². The zero-order valence-corrected chi connectivity index (χ0v) is 30.4. The molecule has 0 spiro atoms. The van der Waals surface area contributed by atoms with Crippen LogP contribution in [-0.2, 0) is 30.5 Å². The molecule has 1 amide bonds. The van der Waals surface area contributed by atoms with Crippen molar-refractivity contribution in [2.24, 2.45) is 5.92 Å². The van der Waals surface area contributed by atoms with Crippen molar-refractivity contribution in [3.05, 3.63) is 131 Å². The Morgan fingerprint density at radius 1 is 0.902 bits per heavy atom. The van der Waals surface area contributed by atoms with Crippen molar-refractivity contribution in [2.45, 2.75) is 44.8 Å². The Morgan fingerprint density at radius 2 is 1.41 bits per heavy atom. The Hall–Kier alpha value is -4.54. The molecule has 1 unspecified atom stereocenters. The van der Waals surface area contributed by atoms with Gasteiger partial charge >= 0.3 is 5.97 Å². The molecule has 266 valence electrons. The SMILES string of the molecule is CCOCCSC(C(C)=O)[C@H]1[C@@H]([C@H](C)O)C(=O)N1C(C(=O)OCc1ccc([N+](=O)[O-])cc1)=P(c1ccccc1)(c1ccccc1)c1ccccc1. The van der Waals surface area contributed by atoms with Crippen LogP contribution in [0.3, 0.4) is 0 Å². The highest BCUT2D eigenvalue weighted by Gasteiger charge is 2.58. The summed E-state index contributed by atoms with van der Waals surface area (Å²) in [6.45, 7) is 2.23. The van der Waals surface area contributed by atoms with Crippen LogP contribution in [-0.4, -0.2) is 74.4 Å². The van der Waals surface area contributed by atoms with Gasteiger partial charge < -0.3 is 14.6 Å². The Labute approximate surface area is 301 Å². The molecule has 0 saturated carbocycles. The van der Waals surface area contributed by atoms with Crippen molar-refractivity contribution < 1.29 is 33.9 Å². The number of nitro benzene ring substituents is 1. The summed E-state index contributed by atoms with van der Waals surface area (Å²) >= 11 is 1.33. The highest BCUT2D eigenvalue weighted by atomic mass is 32.2. The van der Waals surface area contributed by atoms with Gasteiger partial charge in [0, 0.05) is 31.4 Å². The van der Waals surface area contributed by atoms with Crippen LogP contribution in [0.25, 0.3) is 0 Å². The molecule has 1 aliphatic heterocycles. The second kappa shape index (κ2) is 17.1. The minimum Gasteiger partial charge on any atom is -0.456 e. The maximum atomic E-state index is 15.0. The molecule has 1 fully saturated rings. The zero-order chi connectivity index (χ0) is 36.5. The Balaban J connectivity index is 1.82. The van der Waals surface area contributed by atoms with Gasteiger partial charge in [-0.2, -0.15) is 0 Å². The first-order valence-electron chi connectivity index (χ1n) is 16.7. The number of nitrogens with zero attached hydrogens (tertiary/aromatic N) is 2. The maximum Gasteiger partial charge on any atom is 0.356 e. The predicted molar refractivity (Wildman–Crippen MR) is 202 cm³/mol. The molecule has 51 heavy (non-hydrogen) atoms. The number of aliphatic hydroxyl groups is 1. The van der Waals surface area contributed by atoms with E-state index in [0.29, 0.717) is 24.5 Å². The van der Waals surface area contributed by atoms with Gasteiger partial charge in [-0.1, -0.05) is 91.0 Å². The van der Waals surface area contributed by atoms with Gasteiger partial charge in [0.05, 0.1) is 34.8 Å². The number of ketones is 1. The molecule has 1 saturated heterocycles. The van der Waals surface area contributed by atoms with Crippen LogP contribution in [0.4, 0.5) is 5.69 Å². The number of non-ortho nitro benzene ring substituents is 1. The van der Waals surface area contributed by atoms with Crippen molar-refractivity contribution in [2.75, 3.05) is 19.0 Å². The van der Waals surface area contributed by atoms with Gasteiger partial charge in [-0.15, -0.1) is 11.8 Å². The Kier molecular flexibility index (Phi) is 12.7. The first kappa shape index (κ1) is 37.7. The van der Waals surface area contributed by atoms with Crippen LogP contribution in [0.5, 0.6) is 0 Å². The van der Waals surface area contributed by atoms with Gasteiger partial charge in [-0.3, -0.25) is 24.6 Å². The quantitative estimate of drug-likeness (QED) is 0.0435. The lowest BCUT2D eigenvalue weighted by Gasteiger charge is -2.53. The number of benzene rings is 4. The van der Waals surface area contributed by atoms with E-state index in [-0.39, 0.29) is 23.5 Å². The first-order chi connectivity index (χ1) is 24.6. The lowest BCUT2D eigenvalue weighted by atomic mass is 9.80. The lowest BCUT2D eigenvalue weighted by Crippen LogP contribution is -2.72. The number of hydrogen-bond acceptors (Lipinski definition) is 9. The fourth-order valence-corrected chi connectivity index (χ4v) is 12.1. The molecule has 0 aliphatic carbocycles. The second-order valence-corrected chi connectivity index (χ2v) is 16.6. The van der Waals surface area contributed by atoms with Crippen LogP contribution in [0.1, 0.15) is 26.3 Å². The number of hydrogen-bond donors (Lipinski definition) is 1. The number of Topliss-reactive ketones (excluding diaryl/α,β-unsaturated/α-hetero) is 1. The predicted octanol–water partition coefficient (Wildman–Crippen LogP) is 4.70. The summed E-state index contributed by atoms with van der Waals surface area (Å²) in [5.74, 6) is -1.96. The number of esters is 1. The normalized spacial score (nSPS) is 16.9. The van der Waals surface area contributed by atoms with Crippen LogP contribution >= 0.6 is 18.6 Å². The topological polar surface area (TPSA) is 136 Å². The number of nitro groups is 1. The number of amides is 1. The summed E-state index contributed by atoms with van der Waals surface area (Å²) in [5.41, 5.74) is 0.490. The summed E-state index contributed by atoms with van der Waals surface area (Å²) in [5, 5.41) is 23.8. The molecular formula is C39H41N2O8PS. The average molecular weight is 729 g/mol. The average Bonchev–Trinajstić information content (AvgIpc) is 3.14. The number of likely N-dealkylation sites (tertiary alicyclic amines) is 1. The highest BCUT2D eigenvalue weighted by Crippen LogP contribution is 2.50. The Morgan fingerprint density at radius 3 is 1.84 bits per heavy atom. The van der Waals surface area contributed by atoms with Crippen molar-refractivity contribution in [3.63, 3.8) is 0 Å². The first-order valence-corrected chi connectivity index (χ1v) is 19.5. The van der Waals surface area contributed by atoms with Gasteiger partial charge in [-0.05, 0) is 54.4 Å². The third-order valence-corrected chi connectivity index (χ3v) is 14.4. The second-order valence-electron chi connectivity index (χ2n) is 12.1. The zero-order valence-electron chi connectivity index (χ0n) is 28.7. The lowest BCUT2D eigenvalue weighted by molar-refractivity contribution is -0.384. The van der Waals surface area contributed by atoms with E-state index < -0.39 is 47.0 Å². The summed E-state index contributed by atoms with van der Waals surface area (Å²) in [4.78, 5) is 55.2. The van der Waals surface area contributed by atoms with Crippen LogP contribution in [0.15, 0.2) is 115 Å². The number of carbonyl (C=O) groups is 3.